The van der Waals surface area contributed by atoms with E-state index in [0.717, 1.165) is 34.4 Å². The molecule has 1 atom stereocenters. The molecule has 2 aromatic carbocycles. The summed E-state index contributed by atoms with van der Waals surface area (Å²) in [7, 11) is 0. The molecule has 6 nitrogen and oxygen atoms in total. The molecule has 0 aliphatic carbocycles. The Morgan fingerprint density at radius 2 is 1.78 bits per heavy atom. The number of carbonyl (C=O) groups is 1. The maximum atomic E-state index is 12.6. The van der Waals surface area contributed by atoms with Gasteiger partial charge in [0.1, 0.15) is 5.82 Å². The first-order valence-electron chi connectivity index (χ1n) is 9.29. The van der Waals surface area contributed by atoms with Crippen LogP contribution in [0.15, 0.2) is 54.9 Å². The summed E-state index contributed by atoms with van der Waals surface area (Å²) in [6.45, 7) is 5.87. The molecule has 0 aliphatic rings. The van der Waals surface area contributed by atoms with Gasteiger partial charge < -0.3 is 14.5 Å². The zero-order valence-electron chi connectivity index (χ0n) is 15.6. The van der Waals surface area contributed by atoms with Crippen molar-refractivity contribution in [3.63, 3.8) is 0 Å². The summed E-state index contributed by atoms with van der Waals surface area (Å²) in [6.07, 6.45) is 1.80. The van der Waals surface area contributed by atoms with Crippen LogP contribution in [0.4, 0.5) is 0 Å². The SMILES string of the molecule is CCn1c(CNC(=O)[C@H](C)Cn2cnc3ccccc32)nc2ccccc21. The molecule has 2 aromatic heterocycles. The largest absolute Gasteiger partial charge is 0.349 e. The Bertz CT molecular complexity index is 1090. The van der Waals surface area contributed by atoms with Gasteiger partial charge in [-0.15, -0.1) is 0 Å². The summed E-state index contributed by atoms with van der Waals surface area (Å²) in [6, 6.07) is 16.0. The number of carbonyl (C=O) groups excluding carboxylic acids is 1. The van der Waals surface area contributed by atoms with Crippen molar-refractivity contribution in [2.45, 2.75) is 33.5 Å². The van der Waals surface area contributed by atoms with Gasteiger partial charge in [-0.05, 0) is 31.2 Å². The third-order valence-corrected chi connectivity index (χ3v) is 4.92. The van der Waals surface area contributed by atoms with Gasteiger partial charge in [0.2, 0.25) is 5.91 Å². The molecule has 1 N–H and O–H groups in total. The van der Waals surface area contributed by atoms with Crippen molar-refractivity contribution in [1.29, 1.82) is 0 Å². The average Bonchev–Trinajstić information content (AvgIpc) is 3.27. The minimum Gasteiger partial charge on any atom is -0.349 e. The lowest BCUT2D eigenvalue weighted by atomic mass is 10.1. The number of imidazole rings is 2. The van der Waals surface area contributed by atoms with E-state index in [9.17, 15) is 4.79 Å². The minimum absolute atomic E-state index is 0.0162. The Balaban J connectivity index is 1.45. The Morgan fingerprint density at radius 3 is 2.56 bits per heavy atom. The summed E-state index contributed by atoms with van der Waals surface area (Å²) in [4.78, 5) is 21.7. The van der Waals surface area contributed by atoms with E-state index in [1.54, 1.807) is 6.33 Å². The third-order valence-electron chi connectivity index (χ3n) is 4.92. The molecule has 0 aliphatic heterocycles. The molecule has 0 spiro atoms. The van der Waals surface area contributed by atoms with E-state index in [1.807, 2.05) is 54.0 Å². The topological polar surface area (TPSA) is 64.7 Å². The molecular weight excluding hydrogens is 338 g/mol. The second-order valence-corrected chi connectivity index (χ2v) is 6.77. The monoisotopic (exact) mass is 361 g/mol. The number of rotatable bonds is 6. The quantitative estimate of drug-likeness (QED) is 0.573. The number of benzene rings is 2. The lowest BCUT2D eigenvalue weighted by molar-refractivity contribution is -0.125. The number of nitrogens with zero attached hydrogens (tertiary/aromatic N) is 4. The van der Waals surface area contributed by atoms with Crippen molar-refractivity contribution >= 4 is 28.0 Å². The number of hydrogen-bond acceptors (Lipinski definition) is 3. The highest BCUT2D eigenvalue weighted by Crippen LogP contribution is 2.16. The van der Waals surface area contributed by atoms with Gasteiger partial charge in [-0.25, -0.2) is 9.97 Å². The second kappa shape index (κ2) is 7.23. The van der Waals surface area contributed by atoms with Gasteiger partial charge in [0.05, 0.1) is 40.9 Å². The van der Waals surface area contributed by atoms with E-state index in [4.69, 9.17) is 0 Å². The molecule has 0 saturated carbocycles. The number of para-hydroxylation sites is 4. The average molecular weight is 361 g/mol. The first-order chi connectivity index (χ1) is 13.2. The summed E-state index contributed by atoms with van der Waals surface area (Å²) in [5.74, 6) is 0.733. The van der Waals surface area contributed by atoms with Crippen LogP contribution >= 0.6 is 0 Å². The van der Waals surface area contributed by atoms with Crippen molar-refractivity contribution < 1.29 is 4.79 Å². The van der Waals surface area contributed by atoms with Crippen LogP contribution in [0.2, 0.25) is 0 Å². The number of fused-ring (bicyclic) bond motifs is 2. The predicted molar refractivity (Wildman–Crippen MR) is 106 cm³/mol. The molecule has 0 fully saturated rings. The summed E-state index contributed by atoms with van der Waals surface area (Å²) in [5.41, 5.74) is 4.05. The molecule has 0 radical (unpaired) electrons. The zero-order chi connectivity index (χ0) is 18.8. The van der Waals surface area contributed by atoms with Crippen molar-refractivity contribution in [1.82, 2.24) is 24.4 Å². The standard InChI is InChI=1S/C21H23N5O/c1-3-26-19-11-7-5-9-17(19)24-20(26)12-22-21(27)15(2)13-25-14-23-16-8-4-6-10-18(16)25/h4-11,14-15H,3,12-13H2,1-2H3,(H,22,27)/t15-/m1/s1. The van der Waals surface area contributed by atoms with Crippen LogP contribution in [0.5, 0.6) is 0 Å². The normalized spacial score (nSPS) is 12.5. The van der Waals surface area contributed by atoms with Gasteiger partial charge in [0.25, 0.3) is 0 Å². The molecule has 138 valence electrons. The highest BCUT2D eigenvalue weighted by atomic mass is 16.1. The fourth-order valence-electron chi connectivity index (χ4n) is 3.49. The Labute approximate surface area is 157 Å². The second-order valence-electron chi connectivity index (χ2n) is 6.77. The van der Waals surface area contributed by atoms with Crippen molar-refractivity contribution in [2.24, 2.45) is 5.92 Å². The molecule has 27 heavy (non-hydrogen) atoms. The maximum Gasteiger partial charge on any atom is 0.225 e. The molecule has 4 rings (SSSR count). The summed E-state index contributed by atoms with van der Waals surface area (Å²) >= 11 is 0. The van der Waals surface area contributed by atoms with Crippen LogP contribution in [-0.2, 0) is 24.4 Å². The van der Waals surface area contributed by atoms with Crippen molar-refractivity contribution in [3.05, 3.63) is 60.7 Å². The van der Waals surface area contributed by atoms with Gasteiger partial charge in [0, 0.05) is 13.1 Å². The number of hydrogen-bond donors (Lipinski definition) is 1. The Hall–Kier alpha value is -3.15. The molecule has 0 saturated heterocycles. The smallest absolute Gasteiger partial charge is 0.225 e. The van der Waals surface area contributed by atoms with Gasteiger partial charge in [0.15, 0.2) is 0 Å². The number of amides is 1. The first kappa shape index (κ1) is 17.3. The van der Waals surface area contributed by atoms with Gasteiger partial charge >= 0.3 is 0 Å². The van der Waals surface area contributed by atoms with E-state index in [-0.39, 0.29) is 11.8 Å². The summed E-state index contributed by atoms with van der Waals surface area (Å²) < 4.78 is 4.17. The van der Waals surface area contributed by atoms with Crippen LogP contribution in [0.25, 0.3) is 22.1 Å². The Morgan fingerprint density at radius 1 is 1.07 bits per heavy atom. The minimum atomic E-state index is -0.165. The lowest BCUT2D eigenvalue weighted by Gasteiger charge is -2.14. The Kier molecular flexibility index (Phi) is 4.62. The van der Waals surface area contributed by atoms with Gasteiger partial charge in [-0.2, -0.15) is 0 Å². The van der Waals surface area contributed by atoms with Crippen molar-refractivity contribution in [3.8, 4) is 0 Å². The van der Waals surface area contributed by atoms with Crippen molar-refractivity contribution in [2.75, 3.05) is 0 Å². The molecule has 0 unspecified atom stereocenters. The van der Waals surface area contributed by atoms with Gasteiger partial charge in [-0.1, -0.05) is 31.2 Å². The van der Waals surface area contributed by atoms with Crippen LogP contribution in [-0.4, -0.2) is 25.0 Å². The van der Waals surface area contributed by atoms with Crippen LogP contribution < -0.4 is 5.32 Å². The first-order valence-corrected chi connectivity index (χ1v) is 9.29. The number of nitrogens with one attached hydrogen (secondary N) is 1. The molecular formula is C21H23N5O. The molecule has 2 heterocycles. The summed E-state index contributed by atoms with van der Waals surface area (Å²) in [5, 5.41) is 3.04. The highest BCUT2D eigenvalue weighted by Gasteiger charge is 2.16. The number of aromatic nitrogens is 4. The third kappa shape index (κ3) is 3.30. The maximum absolute atomic E-state index is 12.6. The van der Waals surface area contributed by atoms with E-state index in [0.29, 0.717) is 13.1 Å². The van der Waals surface area contributed by atoms with Gasteiger partial charge in [-0.3, -0.25) is 4.79 Å². The predicted octanol–water partition coefficient (Wildman–Crippen LogP) is 3.36. The fourth-order valence-corrected chi connectivity index (χ4v) is 3.49. The lowest BCUT2D eigenvalue weighted by Crippen LogP contribution is -2.32. The fraction of sp³-hybridized carbons (Fsp3) is 0.286. The highest BCUT2D eigenvalue weighted by molar-refractivity contribution is 5.80. The van der Waals surface area contributed by atoms with E-state index < -0.39 is 0 Å². The molecule has 4 aromatic rings. The number of aryl methyl sites for hydroxylation is 1. The zero-order valence-corrected chi connectivity index (χ0v) is 15.6. The van der Waals surface area contributed by atoms with Crippen LogP contribution in [0.3, 0.4) is 0 Å². The van der Waals surface area contributed by atoms with E-state index >= 15 is 0 Å². The van der Waals surface area contributed by atoms with Crippen LogP contribution in [0, 0.1) is 5.92 Å². The van der Waals surface area contributed by atoms with E-state index in [2.05, 4.69) is 32.8 Å². The molecule has 1 amide bonds. The van der Waals surface area contributed by atoms with Crippen LogP contribution in [0.1, 0.15) is 19.7 Å². The molecule has 6 heteroatoms. The molecule has 0 bridgehead atoms. The van der Waals surface area contributed by atoms with E-state index in [1.165, 1.54) is 0 Å².